The molecule has 2 aromatic rings. The number of rotatable bonds is 8. The monoisotopic (exact) mass is 394 g/mol. The fourth-order valence-electron chi connectivity index (χ4n) is 3.46. The number of nitrogens with zero attached hydrogens (tertiary/aromatic N) is 2. The number of amides is 1. The molecule has 0 aromatic heterocycles. The summed E-state index contributed by atoms with van der Waals surface area (Å²) in [6.07, 6.45) is 2.14. The predicted octanol–water partition coefficient (Wildman–Crippen LogP) is 3.57. The van der Waals surface area contributed by atoms with E-state index in [0.717, 1.165) is 44.0 Å². The number of methoxy groups -OCH3 is 1. The van der Waals surface area contributed by atoms with Crippen LogP contribution in [0.25, 0.3) is 6.08 Å². The molecule has 2 aromatic carbocycles. The van der Waals surface area contributed by atoms with Crippen LogP contribution in [0, 0.1) is 0 Å². The van der Waals surface area contributed by atoms with Crippen LogP contribution in [0.1, 0.15) is 22.8 Å². The van der Waals surface area contributed by atoms with Gasteiger partial charge in [-0.05, 0) is 30.7 Å². The predicted molar refractivity (Wildman–Crippen MR) is 116 cm³/mol. The molecule has 3 rings (SSSR count). The normalized spacial score (nSPS) is 15.2. The summed E-state index contributed by atoms with van der Waals surface area (Å²) in [4.78, 5) is 17.6. The molecule has 0 saturated carbocycles. The highest BCUT2D eigenvalue weighted by molar-refractivity contribution is 5.94. The first-order chi connectivity index (χ1) is 14.2. The van der Waals surface area contributed by atoms with Crippen molar-refractivity contribution in [2.24, 2.45) is 0 Å². The Bertz CT molecular complexity index is 814. The van der Waals surface area contributed by atoms with Gasteiger partial charge >= 0.3 is 0 Å². The highest BCUT2D eigenvalue weighted by Crippen LogP contribution is 2.16. The Morgan fingerprint density at radius 3 is 2.62 bits per heavy atom. The van der Waals surface area contributed by atoms with Gasteiger partial charge in [0, 0.05) is 38.3 Å². The molecule has 1 aliphatic heterocycles. The van der Waals surface area contributed by atoms with Gasteiger partial charge in [0.1, 0.15) is 5.75 Å². The standard InChI is InChI=1S/C24H30N2O3/c1-20(17-21-7-4-3-5-8-21)19-26(12-11-25-13-15-29-16-14-25)24(27)22-9-6-10-23(18-22)28-2/h3-10,17-18H,11-16,19H2,1-2H3. The molecule has 1 saturated heterocycles. The van der Waals surface area contributed by atoms with Gasteiger partial charge in [-0.15, -0.1) is 0 Å². The van der Waals surface area contributed by atoms with Crippen molar-refractivity contribution in [2.75, 3.05) is 53.0 Å². The molecular formula is C24H30N2O3. The van der Waals surface area contributed by atoms with Crippen LogP contribution in [0.4, 0.5) is 0 Å². The van der Waals surface area contributed by atoms with Gasteiger partial charge in [-0.25, -0.2) is 0 Å². The molecular weight excluding hydrogens is 364 g/mol. The lowest BCUT2D eigenvalue weighted by Crippen LogP contribution is -2.43. The van der Waals surface area contributed by atoms with Crippen molar-refractivity contribution in [3.8, 4) is 5.75 Å². The number of morpholine rings is 1. The number of hydrogen-bond donors (Lipinski definition) is 0. The van der Waals surface area contributed by atoms with Crippen LogP contribution in [-0.4, -0.2) is 68.8 Å². The minimum atomic E-state index is 0.0259. The average Bonchev–Trinajstić information content (AvgIpc) is 2.77. The van der Waals surface area contributed by atoms with E-state index >= 15 is 0 Å². The number of carbonyl (C=O) groups is 1. The quantitative estimate of drug-likeness (QED) is 0.686. The molecule has 0 bridgehead atoms. The minimum Gasteiger partial charge on any atom is -0.497 e. The summed E-state index contributed by atoms with van der Waals surface area (Å²) in [5.74, 6) is 0.721. The maximum absolute atomic E-state index is 13.3. The van der Waals surface area contributed by atoms with Crippen molar-refractivity contribution in [1.29, 1.82) is 0 Å². The van der Waals surface area contributed by atoms with Crippen molar-refractivity contribution < 1.29 is 14.3 Å². The van der Waals surface area contributed by atoms with Crippen molar-refractivity contribution in [1.82, 2.24) is 9.80 Å². The maximum atomic E-state index is 13.3. The van der Waals surface area contributed by atoms with E-state index in [1.807, 2.05) is 41.3 Å². The van der Waals surface area contributed by atoms with E-state index in [-0.39, 0.29) is 5.91 Å². The number of ether oxygens (including phenoxy) is 2. The molecule has 0 atom stereocenters. The second-order valence-corrected chi connectivity index (χ2v) is 7.31. The highest BCUT2D eigenvalue weighted by atomic mass is 16.5. The Morgan fingerprint density at radius 1 is 1.14 bits per heavy atom. The molecule has 1 fully saturated rings. The Morgan fingerprint density at radius 2 is 1.90 bits per heavy atom. The first kappa shape index (κ1) is 21.1. The minimum absolute atomic E-state index is 0.0259. The lowest BCUT2D eigenvalue weighted by atomic mass is 10.1. The summed E-state index contributed by atoms with van der Waals surface area (Å²) in [6, 6.07) is 17.6. The summed E-state index contributed by atoms with van der Waals surface area (Å²) in [7, 11) is 1.62. The molecule has 0 radical (unpaired) electrons. The molecule has 1 aliphatic rings. The topological polar surface area (TPSA) is 42.0 Å². The van der Waals surface area contributed by atoms with Gasteiger partial charge in [-0.1, -0.05) is 48.0 Å². The zero-order valence-corrected chi connectivity index (χ0v) is 17.3. The third-order valence-corrected chi connectivity index (χ3v) is 5.05. The van der Waals surface area contributed by atoms with Gasteiger partial charge in [0.15, 0.2) is 0 Å². The van der Waals surface area contributed by atoms with Crippen molar-refractivity contribution in [3.63, 3.8) is 0 Å². The molecule has 0 unspecified atom stereocenters. The summed E-state index contributed by atoms with van der Waals surface area (Å²) >= 11 is 0. The van der Waals surface area contributed by atoms with Crippen LogP contribution in [0.5, 0.6) is 5.75 Å². The van der Waals surface area contributed by atoms with Gasteiger partial charge in [0.05, 0.1) is 20.3 Å². The van der Waals surface area contributed by atoms with Gasteiger partial charge in [0.25, 0.3) is 5.91 Å². The van der Waals surface area contributed by atoms with Crippen LogP contribution >= 0.6 is 0 Å². The molecule has 0 aliphatic carbocycles. The fraction of sp³-hybridized carbons (Fsp3) is 0.375. The molecule has 0 N–H and O–H groups in total. The first-order valence-electron chi connectivity index (χ1n) is 10.1. The molecule has 1 heterocycles. The average molecular weight is 395 g/mol. The van der Waals surface area contributed by atoms with Crippen LogP contribution < -0.4 is 4.74 Å². The van der Waals surface area contributed by atoms with E-state index in [1.165, 1.54) is 0 Å². The van der Waals surface area contributed by atoms with E-state index in [4.69, 9.17) is 9.47 Å². The highest BCUT2D eigenvalue weighted by Gasteiger charge is 2.19. The summed E-state index contributed by atoms with van der Waals surface area (Å²) in [6.45, 7) is 7.55. The Hall–Kier alpha value is -2.63. The van der Waals surface area contributed by atoms with Gasteiger partial charge in [-0.3, -0.25) is 9.69 Å². The first-order valence-corrected chi connectivity index (χ1v) is 10.1. The second-order valence-electron chi connectivity index (χ2n) is 7.31. The van der Waals surface area contributed by atoms with Crippen LogP contribution in [0.2, 0.25) is 0 Å². The number of hydrogen-bond acceptors (Lipinski definition) is 4. The van der Waals surface area contributed by atoms with E-state index in [0.29, 0.717) is 24.4 Å². The fourth-order valence-corrected chi connectivity index (χ4v) is 3.46. The Kier molecular flexibility index (Phi) is 7.85. The number of carbonyl (C=O) groups excluding carboxylic acids is 1. The molecule has 154 valence electrons. The maximum Gasteiger partial charge on any atom is 0.254 e. The van der Waals surface area contributed by atoms with Crippen molar-refractivity contribution >= 4 is 12.0 Å². The van der Waals surface area contributed by atoms with E-state index < -0.39 is 0 Å². The lowest BCUT2D eigenvalue weighted by Gasteiger charge is -2.30. The second kappa shape index (κ2) is 10.8. The summed E-state index contributed by atoms with van der Waals surface area (Å²) in [5.41, 5.74) is 2.94. The summed E-state index contributed by atoms with van der Waals surface area (Å²) in [5, 5.41) is 0. The smallest absolute Gasteiger partial charge is 0.254 e. The Labute approximate surface area is 173 Å². The zero-order chi connectivity index (χ0) is 20.5. The molecule has 29 heavy (non-hydrogen) atoms. The van der Waals surface area contributed by atoms with Gasteiger partial charge < -0.3 is 14.4 Å². The molecule has 5 nitrogen and oxygen atoms in total. The Balaban J connectivity index is 1.74. The van der Waals surface area contributed by atoms with E-state index in [9.17, 15) is 4.79 Å². The third-order valence-electron chi connectivity index (χ3n) is 5.05. The van der Waals surface area contributed by atoms with E-state index in [2.05, 4.69) is 30.0 Å². The molecule has 5 heteroatoms. The van der Waals surface area contributed by atoms with Gasteiger partial charge in [-0.2, -0.15) is 0 Å². The molecule has 0 spiro atoms. The van der Waals surface area contributed by atoms with Crippen LogP contribution in [0.15, 0.2) is 60.2 Å². The third kappa shape index (κ3) is 6.44. The SMILES string of the molecule is COc1cccc(C(=O)N(CCN2CCOCC2)CC(C)=Cc2ccccc2)c1. The van der Waals surface area contributed by atoms with Crippen LogP contribution in [0.3, 0.4) is 0 Å². The molecule has 1 amide bonds. The van der Waals surface area contributed by atoms with Crippen molar-refractivity contribution in [2.45, 2.75) is 6.92 Å². The number of benzene rings is 2. The van der Waals surface area contributed by atoms with Crippen molar-refractivity contribution in [3.05, 3.63) is 71.3 Å². The van der Waals surface area contributed by atoms with E-state index in [1.54, 1.807) is 13.2 Å². The van der Waals surface area contributed by atoms with Crippen LogP contribution in [-0.2, 0) is 4.74 Å². The largest absolute Gasteiger partial charge is 0.497 e. The lowest BCUT2D eigenvalue weighted by molar-refractivity contribution is 0.0330. The summed E-state index contributed by atoms with van der Waals surface area (Å²) < 4.78 is 10.7. The van der Waals surface area contributed by atoms with Gasteiger partial charge in [0.2, 0.25) is 0 Å². The zero-order valence-electron chi connectivity index (χ0n) is 17.3.